The third-order valence-electron chi connectivity index (χ3n) is 3.01. The first-order valence-electron chi connectivity index (χ1n) is 5.67. The van der Waals surface area contributed by atoms with Crippen LogP contribution in [0.1, 0.15) is 28.3 Å². The first-order chi connectivity index (χ1) is 8.09. The highest BCUT2D eigenvalue weighted by Gasteiger charge is 2.13. The lowest BCUT2D eigenvalue weighted by Gasteiger charge is -2.17. The number of aryl methyl sites for hydroxylation is 2. The van der Waals surface area contributed by atoms with Crippen LogP contribution in [0.25, 0.3) is 0 Å². The highest BCUT2D eigenvalue weighted by Crippen LogP contribution is 2.26. The average molecular weight is 337 g/mol. The molecule has 2 rings (SSSR count). The Kier molecular flexibility index (Phi) is 3.84. The summed E-state index contributed by atoms with van der Waals surface area (Å²) in [6.07, 6.45) is 0. The van der Waals surface area contributed by atoms with Crippen molar-refractivity contribution in [3.63, 3.8) is 0 Å². The van der Waals surface area contributed by atoms with Crippen LogP contribution in [-0.4, -0.2) is 0 Å². The molecule has 0 radical (unpaired) electrons. The minimum Gasteiger partial charge on any atom is -0.320 e. The van der Waals surface area contributed by atoms with Gasteiger partial charge < -0.3 is 5.73 Å². The van der Waals surface area contributed by atoms with Crippen LogP contribution in [-0.2, 0) is 0 Å². The molecule has 2 aromatic carbocycles. The number of benzene rings is 2. The Morgan fingerprint density at radius 2 is 1.71 bits per heavy atom. The summed E-state index contributed by atoms with van der Waals surface area (Å²) in [5.74, 6) is 0. The topological polar surface area (TPSA) is 26.0 Å². The van der Waals surface area contributed by atoms with E-state index in [1.807, 2.05) is 12.1 Å². The SMILES string of the molecule is Cc1ccc(C)c(C(N)c2ccccc2I)c1. The van der Waals surface area contributed by atoms with E-state index in [0.717, 1.165) is 0 Å². The van der Waals surface area contributed by atoms with Gasteiger partial charge in [-0.1, -0.05) is 42.0 Å². The second-order valence-corrected chi connectivity index (χ2v) is 5.52. The molecule has 0 spiro atoms. The molecule has 0 aliphatic carbocycles. The van der Waals surface area contributed by atoms with Crippen LogP contribution in [0, 0.1) is 17.4 Å². The van der Waals surface area contributed by atoms with E-state index in [1.165, 1.54) is 25.8 Å². The van der Waals surface area contributed by atoms with Crippen molar-refractivity contribution >= 4 is 22.6 Å². The summed E-state index contributed by atoms with van der Waals surface area (Å²) in [4.78, 5) is 0. The van der Waals surface area contributed by atoms with Gasteiger partial charge in [-0.3, -0.25) is 0 Å². The van der Waals surface area contributed by atoms with Crippen molar-refractivity contribution in [1.29, 1.82) is 0 Å². The predicted molar refractivity (Wildman–Crippen MR) is 81.1 cm³/mol. The van der Waals surface area contributed by atoms with Crippen LogP contribution in [0.5, 0.6) is 0 Å². The normalized spacial score (nSPS) is 12.5. The molecule has 0 aliphatic rings. The summed E-state index contributed by atoms with van der Waals surface area (Å²) >= 11 is 2.34. The van der Waals surface area contributed by atoms with Crippen molar-refractivity contribution in [3.05, 3.63) is 68.3 Å². The van der Waals surface area contributed by atoms with E-state index in [4.69, 9.17) is 5.73 Å². The lowest BCUT2D eigenvalue weighted by Crippen LogP contribution is -2.14. The molecule has 2 N–H and O–H groups in total. The summed E-state index contributed by atoms with van der Waals surface area (Å²) in [6.45, 7) is 4.22. The van der Waals surface area contributed by atoms with Gasteiger partial charge in [0.15, 0.2) is 0 Å². The number of rotatable bonds is 2. The molecule has 0 aromatic heterocycles. The maximum Gasteiger partial charge on any atom is 0.0564 e. The van der Waals surface area contributed by atoms with Gasteiger partial charge in [0.2, 0.25) is 0 Å². The summed E-state index contributed by atoms with van der Waals surface area (Å²) in [6, 6.07) is 14.7. The molecule has 88 valence electrons. The highest BCUT2D eigenvalue weighted by atomic mass is 127. The Labute approximate surface area is 116 Å². The summed E-state index contributed by atoms with van der Waals surface area (Å²) in [5, 5.41) is 0. The molecule has 0 amide bonds. The van der Waals surface area contributed by atoms with Gasteiger partial charge in [0, 0.05) is 3.57 Å². The summed E-state index contributed by atoms with van der Waals surface area (Å²) in [7, 11) is 0. The molecular formula is C15H16IN. The molecule has 0 saturated carbocycles. The van der Waals surface area contributed by atoms with E-state index in [0.29, 0.717) is 0 Å². The first kappa shape index (κ1) is 12.6. The molecule has 0 fully saturated rings. The maximum atomic E-state index is 6.38. The Morgan fingerprint density at radius 3 is 2.41 bits per heavy atom. The first-order valence-corrected chi connectivity index (χ1v) is 6.74. The molecule has 0 saturated heterocycles. The smallest absolute Gasteiger partial charge is 0.0564 e. The van der Waals surface area contributed by atoms with Crippen LogP contribution in [0.4, 0.5) is 0 Å². The van der Waals surface area contributed by atoms with E-state index in [1.54, 1.807) is 0 Å². The Morgan fingerprint density at radius 1 is 1.00 bits per heavy atom. The Bertz CT molecular complexity index is 534. The molecule has 1 unspecified atom stereocenters. The number of hydrogen-bond acceptors (Lipinski definition) is 1. The number of hydrogen-bond donors (Lipinski definition) is 1. The quantitative estimate of drug-likeness (QED) is 0.825. The fourth-order valence-corrected chi connectivity index (χ4v) is 2.71. The van der Waals surface area contributed by atoms with Gasteiger partial charge in [-0.25, -0.2) is 0 Å². The third kappa shape index (κ3) is 2.69. The zero-order chi connectivity index (χ0) is 12.4. The maximum absolute atomic E-state index is 6.38. The van der Waals surface area contributed by atoms with E-state index < -0.39 is 0 Å². The van der Waals surface area contributed by atoms with E-state index in [2.05, 4.69) is 66.8 Å². The van der Waals surface area contributed by atoms with Crippen LogP contribution in [0.15, 0.2) is 42.5 Å². The lowest BCUT2D eigenvalue weighted by molar-refractivity contribution is 0.854. The molecule has 0 aliphatic heterocycles. The van der Waals surface area contributed by atoms with Crippen molar-refractivity contribution in [2.75, 3.05) is 0 Å². The van der Waals surface area contributed by atoms with Crippen molar-refractivity contribution in [2.24, 2.45) is 5.73 Å². The van der Waals surface area contributed by atoms with Gasteiger partial charge in [-0.2, -0.15) is 0 Å². The zero-order valence-corrected chi connectivity index (χ0v) is 12.2. The van der Waals surface area contributed by atoms with E-state index in [9.17, 15) is 0 Å². The minimum atomic E-state index is -0.0389. The lowest BCUT2D eigenvalue weighted by atomic mass is 9.94. The van der Waals surface area contributed by atoms with Gasteiger partial charge in [-0.15, -0.1) is 0 Å². The van der Waals surface area contributed by atoms with Crippen molar-refractivity contribution in [2.45, 2.75) is 19.9 Å². The second-order valence-electron chi connectivity index (χ2n) is 4.36. The predicted octanol–water partition coefficient (Wildman–Crippen LogP) is 3.96. The Balaban J connectivity index is 2.47. The van der Waals surface area contributed by atoms with Crippen molar-refractivity contribution in [1.82, 2.24) is 0 Å². The third-order valence-corrected chi connectivity index (χ3v) is 3.99. The van der Waals surface area contributed by atoms with Gasteiger partial charge >= 0.3 is 0 Å². The van der Waals surface area contributed by atoms with Crippen LogP contribution >= 0.6 is 22.6 Å². The number of nitrogens with two attached hydrogens (primary N) is 1. The summed E-state index contributed by atoms with van der Waals surface area (Å²) < 4.78 is 1.22. The highest BCUT2D eigenvalue weighted by molar-refractivity contribution is 14.1. The van der Waals surface area contributed by atoms with Crippen molar-refractivity contribution < 1.29 is 0 Å². The van der Waals surface area contributed by atoms with Gasteiger partial charge in [-0.05, 0) is 59.2 Å². The molecule has 1 nitrogen and oxygen atoms in total. The Hall–Kier alpha value is -0.870. The summed E-state index contributed by atoms with van der Waals surface area (Å²) in [5.41, 5.74) is 11.3. The van der Waals surface area contributed by atoms with Crippen molar-refractivity contribution in [3.8, 4) is 0 Å². The fourth-order valence-electron chi connectivity index (χ4n) is 1.99. The molecule has 0 heterocycles. The van der Waals surface area contributed by atoms with Crippen LogP contribution in [0.2, 0.25) is 0 Å². The van der Waals surface area contributed by atoms with Crippen LogP contribution < -0.4 is 5.73 Å². The monoisotopic (exact) mass is 337 g/mol. The van der Waals surface area contributed by atoms with E-state index in [-0.39, 0.29) is 6.04 Å². The average Bonchev–Trinajstić information content (AvgIpc) is 2.32. The molecular weight excluding hydrogens is 321 g/mol. The zero-order valence-electron chi connectivity index (χ0n) is 10.1. The molecule has 0 bridgehead atoms. The number of halogens is 1. The van der Waals surface area contributed by atoms with Gasteiger partial charge in [0.1, 0.15) is 0 Å². The standard InChI is InChI=1S/C15H16IN/c1-10-7-8-11(2)13(9-10)15(17)12-5-3-4-6-14(12)16/h3-9,15H,17H2,1-2H3. The molecule has 17 heavy (non-hydrogen) atoms. The van der Waals surface area contributed by atoms with Crippen LogP contribution in [0.3, 0.4) is 0 Å². The molecule has 2 heteroatoms. The molecule has 1 atom stereocenters. The second kappa shape index (κ2) is 5.19. The largest absolute Gasteiger partial charge is 0.320 e. The van der Waals surface area contributed by atoms with Gasteiger partial charge in [0.25, 0.3) is 0 Å². The van der Waals surface area contributed by atoms with E-state index >= 15 is 0 Å². The molecule has 2 aromatic rings. The fraction of sp³-hybridized carbons (Fsp3) is 0.200. The minimum absolute atomic E-state index is 0.0389. The van der Waals surface area contributed by atoms with Gasteiger partial charge in [0.05, 0.1) is 6.04 Å².